The average molecular weight is 632 g/mol. The summed E-state index contributed by atoms with van der Waals surface area (Å²) in [6.45, 7) is 4.95. The standard InChI is InChI=1S/C28H37ClF3N5O4S/c1-42(2,3)16-15-40-19-37-18-21(28(30,31)32)25-24(7-9-33-26(25)37)41-23-6-5-20(17-22(23)29)35-27(38)34-8-4-10-36-11-13-39-14-12-36/h5-7,9,17-18H,4,8,10-16,19H2,1-3H3,(H2,34,35,38). The molecule has 2 aromatic heterocycles. The van der Waals surface area contributed by atoms with Crippen molar-refractivity contribution in [2.75, 3.05) is 75.8 Å². The second kappa shape index (κ2) is 14.2. The number of carbonyl (C=O) groups is 1. The van der Waals surface area contributed by atoms with Gasteiger partial charge in [0.05, 0.1) is 35.8 Å². The lowest BCUT2D eigenvalue weighted by atomic mass is 10.2. The van der Waals surface area contributed by atoms with E-state index in [1.54, 1.807) is 6.07 Å². The number of aromatic nitrogens is 2. The molecule has 2 amide bonds. The van der Waals surface area contributed by atoms with Crippen LogP contribution in [0, 0.1) is 0 Å². The smallest absolute Gasteiger partial charge is 0.418 e. The number of hydrogen-bond donors (Lipinski definition) is 2. The van der Waals surface area contributed by atoms with E-state index in [0.717, 1.165) is 51.2 Å². The first-order chi connectivity index (χ1) is 19.9. The quantitative estimate of drug-likeness (QED) is 0.238. The van der Waals surface area contributed by atoms with E-state index in [1.807, 2.05) is 0 Å². The van der Waals surface area contributed by atoms with Gasteiger partial charge in [-0.2, -0.15) is 13.2 Å². The summed E-state index contributed by atoms with van der Waals surface area (Å²) >= 11 is 6.41. The minimum atomic E-state index is -4.65. The SMILES string of the molecule is CS(C)(C)CCOCn1cc(C(F)(F)F)c2c(Oc3ccc(NC(=O)NCCCN4CCOCC4)cc3Cl)ccnc21. The number of alkyl halides is 3. The van der Waals surface area contributed by atoms with Gasteiger partial charge < -0.3 is 29.4 Å². The number of nitrogens with one attached hydrogen (secondary N) is 2. The number of urea groups is 1. The van der Waals surface area contributed by atoms with Crippen molar-refractivity contribution in [3.8, 4) is 11.5 Å². The number of pyridine rings is 1. The fourth-order valence-electron chi connectivity index (χ4n) is 4.34. The molecule has 0 saturated carbocycles. The second-order valence-corrected chi connectivity index (χ2v) is 15.8. The number of morpholine rings is 1. The van der Waals surface area contributed by atoms with Gasteiger partial charge in [-0.3, -0.25) is 4.90 Å². The highest BCUT2D eigenvalue weighted by atomic mass is 35.5. The third-order valence-corrected chi connectivity index (χ3v) is 8.23. The number of amides is 2. The van der Waals surface area contributed by atoms with Crippen molar-refractivity contribution in [1.82, 2.24) is 19.8 Å². The Balaban J connectivity index is 1.41. The van der Waals surface area contributed by atoms with Gasteiger partial charge in [0, 0.05) is 43.5 Å². The molecule has 0 atom stereocenters. The lowest BCUT2D eigenvalue weighted by molar-refractivity contribution is -0.136. The predicted octanol–water partition coefficient (Wildman–Crippen LogP) is 6.01. The monoisotopic (exact) mass is 631 g/mol. The largest absolute Gasteiger partial charge is 0.455 e. The summed E-state index contributed by atoms with van der Waals surface area (Å²) in [7, 11) is -0.798. The van der Waals surface area contributed by atoms with Crippen molar-refractivity contribution in [2.24, 2.45) is 0 Å². The van der Waals surface area contributed by atoms with Crippen LogP contribution in [0.15, 0.2) is 36.7 Å². The molecule has 1 saturated heterocycles. The summed E-state index contributed by atoms with van der Waals surface area (Å²) in [5.74, 6) is 0.914. The third kappa shape index (κ3) is 9.14. The number of rotatable bonds is 12. The zero-order valence-electron chi connectivity index (χ0n) is 23.9. The number of benzene rings is 1. The number of carbonyl (C=O) groups excluding carboxylic acids is 1. The Bertz CT molecular complexity index is 1360. The van der Waals surface area contributed by atoms with Crippen molar-refractivity contribution in [3.63, 3.8) is 0 Å². The molecule has 0 unspecified atom stereocenters. The molecule has 1 aliphatic heterocycles. The summed E-state index contributed by atoms with van der Waals surface area (Å²) in [5, 5.41) is 5.44. The lowest BCUT2D eigenvalue weighted by Gasteiger charge is -2.26. The van der Waals surface area contributed by atoms with Gasteiger partial charge in [0.25, 0.3) is 0 Å². The molecule has 1 aliphatic rings. The zero-order chi connectivity index (χ0) is 30.3. The first-order valence-electron chi connectivity index (χ1n) is 13.5. The maximum absolute atomic E-state index is 14.0. The van der Waals surface area contributed by atoms with Crippen LogP contribution in [0.1, 0.15) is 12.0 Å². The molecular weight excluding hydrogens is 595 g/mol. The van der Waals surface area contributed by atoms with Crippen LogP contribution in [0.2, 0.25) is 5.02 Å². The Hall–Kier alpha value is -2.71. The molecule has 0 spiro atoms. The number of anilines is 1. The van der Waals surface area contributed by atoms with Crippen molar-refractivity contribution < 1.29 is 32.2 Å². The Morgan fingerprint density at radius 1 is 1.17 bits per heavy atom. The van der Waals surface area contributed by atoms with Crippen LogP contribution in [0.5, 0.6) is 11.5 Å². The van der Waals surface area contributed by atoms with Crippen LogP contribution in [0.3, 0.4) is 0 Å². The van der Waals surface area contributed by atoms with Gasteiger partial charge in [-0.15, -0.1) is 0 Å². The molecule has 0 bridgehead atoms. The van der Waals surface area contributed by atoms with Gasteiger partial charge in [-0.1, -0.05) is 11.6 Å². The van der Waals surface area contributed by atoms with Gasteiger partial charge in [0.15, 0.2) is 0 Å². The second-order valence-electron chi connectivity index (χ2n) is 10.8. The van der Waals surface area contributed by atoms with Gasteiger partial charge >= 0.3 is 12.2 Å². The number of fused-ring (bicyclic) bond motifs is 1. The van der Waals surface area contributed by atoms with Crippen LogP contribution in [0.25, 0.3) is 11.0 Å². The topological polar surface area (TPSA) is 89.9 Å². The lowest BCUT2D eigenvalue weighted by Crippen LogP contribution is -2.38. The molecule has 42 heavy (non-hydrogen) atoms. The molecule has 0 radical (unpaired) electrons. The fourth-order valence-corrected chi connectivity index (χ4v) is 5.18. The average Bonchev–Trinajstić information content (AvgIpc) is 3.31. The Morgan fingerprint density at radius 2 is 1.93 bits per heavy atom. The van der Waals surface area contributed by atoms with Gasteiger partial charge in [0.2, 0.25) is 0 Å². The van der Waals surface area contributed by atoms with E-state index in [1.165, 1.54) is 29.0 Å². The van der Waals surface area contributed by atoms with E-state index in [4.69, 9.17) is 25.8 Å². The van der Waals surface area contributed by atoms with E-state index < -0.39 is 21.8 Å². The van der Waals surface area contributed by atoms with E-state index in [2.05, 4.69) is 39.3 Å². The van der Waals surface area contributed by atoms with E-state index in [0.29, 0.717) is 18.8 Å². The fraction of sp³-hybridized carbons (Fsp3) is 0.500. The summed E-state index contributed by atoms with van der Waals surface area (Å²) in [5.41, 5.74) is -0.387. The summed E-state index contributed by atoms with van der Waals surface area (Å²) < 4.78 is 60.3. The van der Waals surface area contributed by atoms with Gasteiger partial charge in [0.1, 0.15) is 23.9 Å². The van der Waals surface area contributed by atoms with Crippen LogP contribution < -0.4 is 15.4 Å². The Labute approximate surface area is 249 Å². The minimum absolute atomic E-state index is 0.0502. The summed E-state index contributed by atoms with van der Waals surface area (Å²) in [6.07, 6.45) is 4.95. The normalized spacial score (nSPS) is 15.1. The summed E-state index contributed by atoms with van der Waals surface area (Å²) in [4.78, 5) is 18.8. The highest BCUT2D eigenvalue weighted by Gasteiger charge is 2.36. The number of nitrogens with zero attached hydrogens (tertiary/aromatic N) is 3. The summed E-state index contributed by atoms with van der Waals surface area (Å²) in [6, 6.07) is 5.50. The minimum Gasteiger partial charge on any atom is -0.455 e. The Kier molecular flexibility index (Phi) is 10.9. The molecule has 3 heterocycles. The zero-order valence-corrected chi connectivity index (χ0v) is 25.5. The molecule has 2 N–H and O–H groups in total. The maximum Gasteiger partial charge on any atom is 0.418 e. The van der Waals surface area contributed by atoms with Crippen molar-refractivity contribution in [2.45, 2.75) is 19.3 Å². The Morgan fingerprint density at radius 3 is 2.62 bits per heavy atom. The first kappa shape index (κ1) is 32.2. The number of hydrogen-bond acceptors (Lipinski definition) is 6. The molecule has 3 aromatic rings. The molecule has 0 aliphatic carbocycles. The van der Waals surface area contributed by atoms with E-state index in [9.17, 15) is 18.0 Å². The molecule has 232 valence electrons. The van der Waals surface area contributed by atoms with Gasteiger partial charge in [-0.25, -0.2) is 19.8 Å². The molecule has 14 heteroatoms. The molecule has 4 rings (SSSR count). The highest BCUT2D eigenvalue weighted by molar-refractivity contribution is 8.32. The molecular formula is C28H37ClF3N5O4S. The maximum atomic E-state index is 14.0. The molecule has 1 fully saturated rings. The molecule has 9 nitrogen and oxygen atoms in total. The molecule has 1 aromatic carbocycles. The van der Waals surface area contributed by atoms with Crippen LogP contribution in [-0.2, 0) is 22.4 Å². The predicted molar refractivity (Wildman–Crippen MR) is 161 cm³/mol. The van der Waals surface area contributed by atoms with Crippen molar-refractivity contribution in [1.29, 1.82) is 0 Å². The number of ether oxygens (including phenoxy) is 3. The van der Waals surface area contributed by atoms with E-state index in [-0.39, 0.29) is 40.3 Å². The first-order valence-corrected chi connectivity index (χ1v) is 16.9. The van der Waals surface area contributed by atoms with Crippen LogP contribution in [-0.4, -0.2) is 91.0 Å². The van der Waals surface area contributed by atoms with Crippen LogP contribution in [0.4, 0.5) is 23.7 Å². The van der Waals surface area contributed by atoms with Crippen LogP contribution >= 0.6 is 21.6 Å². The van der Waals surface area contributed by atoms with Crippen molar-refractivity contribution >= 4 is 44.4 Å². The third-order valence-electron chi connectivity index (χ3n) is 6.54. The van der Waals surface area contributed by atoms with E-state index >= 15 is 0 Å². The highest BCUT2D eigenvalue weighted by Crippen LogP contribution is 2.42. The van der Waals surface area contributed by atoms with Crippen molar-refractivity contribution in [3.05, 3.63) is 47.2 Å². The number of halogens is 4. The van der Waals surface area contributed by atoms with Gasteiger partial charge in [-0.05, 0) is 56.0 Å².